The summed E-state index contributed by atoms with van der Waals surface area (Å²) in [7, 11) is 1.20. The van der Waals surface area contributed by atoms with Crippen LogP contribution in [0.15, 0.2) is 45.5 Å². The molecular weight excluding hydrogens is 405 g/mol. The highest BCUT2D eigenvalue weighted by atomic mass is 79.9. The number of hydrogen-bond acceptors (Lipinski definition) is 5. The summed E-state index contributed by atoms with van der Waals surface area (Å²) in [6.07, 6.45) is 0.741. The SMILES string of the molecule is COC(=O)C1=C(N)OC2=C(C(=O)CC(C)(C)C2)[C@@H]1c1cc(Br)ccc1F. The molecule has 2 aliphatic rings. The molecule has 0 spiro atoms. The van der Waals surface area contributed by atoms with Crippen LogP contribution in [0.5, 0.6) is 0 Å². The van der Waals surface area contributed by atoms with Crippen LogP contribution in [-0.2, 0) is 19.1 Å². The Kier molecular flexibility index (Phi) is 4.69. The van der Waals surface area contributed by atoms with Gasteiger partial charge in [0.05, 0.1) is 13.0 Å². The van der Waals surface area contributed by atoms with E-state index in [0.717, 1.165) is 0 Å². The molecule has 1 heterocycles. The lowest BCUT2D eigenvalue weighted by atomic mass is 9.70. The Morgan fingerprint density at radius 1 is 1.38 bits per heavy atom. The predicted molar refractivity (Wildman–Crippen MR) is 96.2 cm³/mol. The quantitative estimate of drug-likeness (QED) is 0.733. The van der Waals surface area contributed by atoms with Gasteiger partial charge in [0, 0.05) is 28.5 Å². The van der Waals surface area contributed by atoms with Gasteiger partial charge in [-0.05, 0) is 23.6 Å². The Bertz CT molecular complexity index is 872. The Morgan fingerprint density at radius 2 is 2.08 bits per heavy atom. The maximum atomic E-state index is 14.6. The van der Waals surface area contributed by atoms with Gasteiger partial charge in [-0.15, -0.1) is 0 Å². The first-order valence-corrected chi connectivity index (χ1v) is 8.91. The molecule has 0 saturated carbocycles. The van der Waals surface area contributed by atoms with E-state index in [2.05, 4.69) is 15.9 Å². The molecule has 1 aromatic rings. The Balaban J connectivity index is 2.26. The molecule has 0 aromatic heterocycles. The van der Waals surface area contributed by atoms with Crippen LogP contribution in [0.1, 0.15) is 38.2 Å². The van der Waals surface area contributed by atoms with Crippen LogP contribution in [0.4, 0.5) is 4.39 Å². The first-order valence-electron chi connectivity index (χ1n) is 8.11. The zero-order valence-corrected chi connectivity index (χ0v) is 16.3. The Labute approximate surface area is 159 Å². The van der Waals surface area contributed by atoms with Crippen molar-refractivity contribution in [2.75, 3.05) is 7.11 Å². The van der Waals surface area contributed by atoms with Crippen LogP contribution in [0, 0.1) is 11.2 Å². The maximum Gasteiger partial charge on any atom is 0.340 e. The van der Waals surface area contributed by atoms with E-state index < -0.39 is 17.7 Å². The molecule has 3 rings (SSSR count). The lowest BCUT2D eigenvalue weighted by molar-refractivity contribution is -0.136. The number of carbonyl (C=O) groups excluding carboxylic acids is 2. The summed E-state index contributed by atoms with van der Waals surface area (Å²) in [5.41, 5.74) is 6.07. The fourth-order valence-corrected chi connectivity index (χ4v) is 3.92. The molecule has 1 aliphatic heterocycles. The van der Waals surface area contributed by atoms with E-state index in [9.17, 15) is 14.0 Å². The van der Waals surface area contributed by atoms with Crippen molar-refractivity contribution < 1.29 is 23.5 Å². The molecule has 7 heteroatoms. The van der Waals surface area contributed by atoms with Crippen molar-refractivity contribution in [2.45, 2.75) is 32.6 Å². The van der Waals surface area contributed by atoms with Crippen LogP contribution < -0.4 is 5.73 Å². The number of methoxy groups -OCH3 is 1. The largest absolute Gasteiger partial charge is 0.465 e. The number of hydrogen-bond donors (Lipinski definition) is 1. The third kappa shape index (κ3) is 3.16. The molecule has 1 atom stereocenters. The highest BCUT2D eigenvalue weighted by Crippen LogP contribution is 2.48. The zero-order chi connectivity index (χ0) is 19.2. The molecule has 0 bridgehead atoms. The molecule has 1 aliphatic carbocycles. The number of Topliss-reactive ketones (excluding diaryl/α,β-unsaturated/α-hetero) is 1. The number of esters is 1. The van der Waals surface area contributed by atoms with Gasteiger partial charge in [-0.2, -0.15) is 0 Å². The minimum atomic E-state index is -0.965. The first-order chi connectivity index (χ1) is 12.1. The molecule has 1 aromatic carbocycles. The van der Waals surface area contributed by atoms with Crippen LogP contribution >= 0.6 is 15.9 Å². The van der Waals surface area contributed by atoms with Crippen LogP contribution in [0.25, 0.3) is 0 Å². The van der Waals surface area contributed by atoms with Crippen molar-refractivity contribution in [3.05, 3.63) is 56.8 Å². The molecule has 0 radical (unpaired) electrons. The number of nitrogens with two attached hydrogens (primary N) is 1. The Morgan fingerprint density at radius 3 is 2.73 bits per heavy atom. The van der Waals surface area contributed by atoms with Crippen molar-refractivity contribution >= 4 is 27.7 Å². The summed E-state index contributed by atoms with van der Waals surface area (Å²) < 4.78 is 25.7. The van der Waals surface area contributed by atoms with Crippen LogP contribution in [-0.4, -0.2) is 18.9 Å². The van der Waals surface area contributed by atoms with E-state index in [1.165, 1.54) is 13.2 Å². The average molecular weight is 424 g/mol. The summed E-state index contributed by atoms with van der Waals surface area (Å²) in [6, 6.07) is 4.36. The maximum absolute atomic E-state index is 14.6. The van der Waals surface area contributed by atoms with Gasteiger partial charge in [-0.25, -0.2) is 9.18 Å². The van der Waals surface area contributed by atoms with E-state index in [1.54, 1.807) is 12.1 Å². The lowest BCUT2D eigenvalue weighted by Crippen LogP contribution is -2.35. The van der Waals surface area contributed by atoms with Gasteiger partial charge in [0.1, 0.15) is 17.1 Å². The lowest BCUT2D eigenvalue weighted by Gasteiger charge is -2.37. The predicted octanol–water partition coefficient (Wildman–Crippen LogP) is 3.69. The second-order valence-electron chi connectivity index (χ2n) is 7.25. The van der Waals surface area contributed by atoms with E-state index in [0.29, 0.717) is 16.7 Å². The summed E-state index contributed by atoms with van der Waals surface area (Å²) in [5.74, 6) is -2.22. The van der Waals surface area contributed by atoms with Crippen LogP contribution in [0.2, 0.25) is 0 Å². The van der Waals surface area contributed by atoms with Crippen molar-refractivity contribution in [1.82, 2.24) is 0 Å². The van der Waals surface area contributed by atoms with Gasteiger partial charge in [-0.3, -0.25) is 4.79 Å². The molecule has 0 amide bonds. The molecular formula is C19H19BrFNO4. The number of benzene rings is 1. The van der Waals surface area contributed by atoms with Gasteiger partial charge in [0.15, 0.2) is 5.78 Å². The van der Waals surface area contributed by atoms with E-state index >= 15 is 0 Å². The first kappa shape index (κ1) is 18.6. The summed E-state index contributed by atoms with van der Waals surface area (Å²) >= 11 is 3.31. The highest BCUT2D eigenvalue weighted by molar-refractivity contribution is 9.10. The number of ketones is 1. The average Bonchev–Trinajstić information content (AvgIpc) is 2.54. The summed E-state index contributed by atoms with van der Waals surface area (Å²) in [4.78, 5) is 25.3. The van der Waals surface area contributed by atoms with Gasteiger partial charge >= 0.3 is 5.97 Å². The van der Waals surface area contributed by atoms with Crippen molar-refractivity contribution in [2.24, 2.45) is 11.1 Å². The highest BCUT2D eigenvalue weighted by Gasteiger charge is 2.45. The Hall–Kier alpha value is -2.15. The molecule has 0 saturated heterocycles. The molecule has 0 fully saturated rings. The minimum absolute atomic E-state index is 0.0590. The van der Waals surface area contributed by atoms with E-state index in [-0.39, 0.29) is 40.2 Å². The fraction of sp³-hybridized carbons (Fsp3) is 0.368. The molecule has 138 valence electrons. The second-order valence-corrected chi connectivity index (χ2v) is 8.16. The van der Waals surface area contributed by atoms with Gasteiger partial charge in [0.25, 0.3) is 0 Å². The van der Waals surface area contributed by atoms with Gasteiger partial charge < -0.3 is 15.2 Å². The van der Waals surface area contributed by atoms with Gasteiger partial charge in [-0.1, -0.05) is 29.8 Å². The number of allylic oxidation sites excluding steroid dienone is 2. The summed E-state index contributed by atoms with van der Waals surface area (Å²) in [5, 5.41) is 0. The fourth-order valence-electron chi connectivity index (χ4n) is 3.54. The monoisotopic (exact) mass is 423 g/mol. The molecule has 5 nitrogen and oxygen atoms in total. The minimum Gasteiger partial charge on any atom is -0.465 e. The smallest absolute Gasteiger partial charge is 0.340 e. The number of rotatable bonds is 2. The van der Waals surface area contributed by atoms with Crippen molar-refractivity contribution in [1.29, 1.82) is 0 Å². The van der Waals surface area contributed by atoms with Crippen molar-refractivity contribution in [3.63, 3.8) is 0 Å². The molecule has 2 N–H and O–H groups in total. The third-order valence-corrected chi connectivity index (χ3v) is 5.12. The number of ether oxygens (including phenoxy) is 2. The van der Waals surface area contributed by atoms with E-state index in [1.807, 2.05) is 13.8 Å². The zero-order valence-electron chi connectivity index (χ0n) is 14.7. The molecule has 0 unspecified atom stereocenters. The third-order valence-electron chi connectivity index (χ3n) is 4.63. The van der Waals surface area contributed by atoms with Crippen molar-refractivity contribution in [3.8, 4) is 0 Å². The van der Waals surface area contributed by atoms with Crippen LogP contribution in [0.3, 0.4) is 0 Å². The number of halogens is 2. The topological polar surface area (TPSA) is 78.6 Å². The van der Waals surface area contributed by atoms with E-state index in [4.69, 9.17) is 15.2 Å². The standard InChI is InChI=1S/C19H19BrFNO4/c1-19(2)7-12(23)15-13(8-19)26-17(22)16(18(24)25-3)14(15)10-6-9(20)4-5-11(10)21/h4-6,14H,7-8,22H2,1-3H3/t14-/m0/s1. The normalized spacial score (nSPS) is 22.0. The summed E-state index contributed by atoms with van der Waals surface area (Å²) in [6.45, 7) is 3.89. The molecule has 26 heavy (non-hydrogen) atoms. The number of carbonyl (C=O) groups is 2. The van der Waals surface area contributed by atoms with Gasteiger partial charge in [0.2, 0.25) is 5.88 Å². The second kappa shape index (κ2) is 6.54.